The predicted octanol–water partition coefficient (Wildman–Crippen LogP) is 2.57. The van der Waals surface area contributed by atoms with Crippen molar-refractivity contribution in [2.45, 2.75) is 6.92 Å². The molecular weight excluding hydrogens is 266 g/mol. The van der Waals surface area contributed by atoms with Crippen LogP contribution in [0.15, 0.2) is 54.6 Å². The summed E-state index contributed by atoms with van der Waals surface area (Å²) in [6, 6.07) is 17.1. The van der Waals surface area contributed by atoms with Gasteiger partial charge in [0, 0.05) is 0 Å². The second-order valence-corrected chi connectivity index (χ2v) is 4.61. The zero-order chi connectivity index (χ0) is 14.9. The fourth-order valence-corrected chi connectivity index (χ4v) is 1.71. The van der Waals surface area contributed by atoms with Crippen molar-refractivity contribution < 1.29 is 14.3 Å². The van der Waals surface area contributed by atoms with Gasteiger partial charge in [0.15, 0.2) is 6.61 Å². The van der Waals surface area contributed by atoms with Gasteiger partial charge in [-0.25, -0.2) is 0 Å². The molecule has 0 aliphatic heterocycles. The van der Waals surface area contributed by atoms with Crippen molar-refractivity contribution >= 4 is 5.91 Å². The highest BCUT2D eigenvalue weighted by Gasteiger charge is 2.02. The third-order valence-electron chi connectivity index (χ3n) is 2.83. The van der Waals surface area contributed by atoms with Crippen LogP contribution >= 0.6 is 0 Å². The number of rotatable bonds is 7. The monoisotopic (exact) mass is 285 g/mol. The zero-order valence-corrected chi connectivity index (χ0v) is 12.0. The Morgan fingerprint density at radius 3 is 2.33 bits per heavy atom. The molecule has 0 saturated heterocycles. The highest BCUT2D eigenvalue weighted by atomic mass is 16.5. The maximum absolute atomic E-state index is 11.6. The van der Waals surface area contributed by atoms with Gasteiger partial charge in [0.1, 0.15) is 18.1 Å². The summed E-state index contributed by atoms with van der Waals surface area (Å²) in [5.74, 6) is 1.32. The van der Waals surface area contributed by atoms with Gasteiger partial charge in [-0.2, -0.15) is 0 Å². The van der Waals surface area contributed by atoms with E-state index in [9.17, 15) is 4.79 Å². The number of para-hydroxylation sites is 1. The van der Waals surface area contributed by atoms with Crippen LogP contribution in [-0.2, 0) is 4.79 Å². The molecule has 1 amide bonds. The number of nitrogens with one attached hydrogen (secondary N) is 1. The molecule has 0 fully saturated rings. The van der Waals surface area contributed by atoms with E-state index in [0.717, 1.165) is 5.75 Å². The molecule has 110 valence electrons. The minimum atomic E-state index is -0.161. The Bertz CT molecular complexity index is 552. The van der Waals surface area contributed by atoms with Crippen LogP contribution in [0.4, 0.5) is 0 Å². The molecule has 2 aromatic carbocycles. The van der Waals surface area contributed by atoms with Gasteiger partial charge in [-0.05, 0) is 31.2 Å². The summed E-state index contributed by atoms with van der Waals surface area (Å²) in [7, 11) is 0. The Kier molecular flexibility index (Phi) is 5.64. The summed E-state index contributed by atoms with van der Waals surface area (Å²) in [5, 5.41) is 2.75. The van der Waals surface area contributed by atoms with Gasteiger partial charge < -0.3 is 14.8 Å². The van der Waals surface area contributed by atoms with Crippen molar-refractivity contribution in [3.05, 3.63) is 60.2 Å². The number of carbonyl (C=O) groups excluding carboxylic acids is 1. The molecule has 0 unspecified atom stereocenters. The predicted molar refractivity (Wildman–Crippen MR) is 81.6 cm³/mol. The minimum absolute atomic E-state index is 0.00848. The van der Waals surface area contributed by atoms with Crippen molar-refractivity contribution in [2.75, 3.05) is 19.8 Å². The summed E-state index contributed by atoms with van der Waals surface area (Å²) in [6.45, 7) is 2.91. The Balaban J connectivity index is 1.60. The molecule has 2 rings (SSSR count). The van der Waals surface area contributed by atoms with Crippen LogP contribution in [0, 0.1) is 6.92 Å². The first-order valence-electron chi connectivity index (χ1n) is 6.88. The summed E-state index contributed by atoms with van der Waals surface area (Å²) in [6.07, 6.45) is 0. The molecule has 0 saturated carbocycles. The van der Waals surface area contributed by atoms with Crippen molar-refractivity contribution in [3.8, 4) is 11.5 Å². The number of ether oxygens (including phenoxy) is 2. The Labute approximate surface area is 124 Å². The van der Waals surface area contributed by atoms with Gasteiger partial charge in [-0.3, -0.25) is 4.79 Å². The molecule has 2 aromatic rings. The van der Waals surface area contributed by atoms with Gasteiger partial charge in [0.25, 0.3) is 5.91 Å². The maximum atomic E-state index is 11.6. The van der Waals surface area contributed by atoms with Crippen LogP contribution in [-0.4, -0.2) is 25.7 Å². The molecule has 0 aromatic heterocycles. The smallest absolute Gasteiger partial charge is 0.258 e. The minimum Gasteiger partial charge on any atom is -0.492 e. The van der Waals surface area contributed by atoms with E-state index in [1.54, 1.807) is 0 Å². The Hall–Kier alpha value is -2.49. The molecule has 0 aliphatic carbocycles. The van der Waals surface area contributed by atoms with Crippen LogP contribution in [0.3, 0.4) is 0 Å². The van der Waals surface area contributed by atoms with Crippen molar-refractivity contribution in [2.24, 2.45) is 0 Å². The topological polar surface area (TPSA) is 47.6 Å². The van der Waals surface area contributed by atoms with Gasteiger partial charge in [-0.1, -0.05) is 35.9 Å². The molecule has 0 spiro atoms. The molecule has 0 bridgehead atoms. The SMILES string of the molecule is Cc1ccc(OCCNC(=O)COc2ccccc2)cc1. The Morgan fingerprint density at radius 1 is 0.952 bits per heavy atom. The summed E-state index contributed by atoms with van der Waals surface area (Å²) >= 11 is 0. The van der Waals surface area contributed by atoms with E-state index in [1.165, 1.54) is 5.56 Å². The van der Waals surface area contributed by atoms with Crippen molar-refractivity contribution in [3.63, 3.8) is 0 Å². The van der Waals surface area contributed by atoms with Gasteiger partial charge in [0.05, 0.1) is 6.54 Å². The number of aryl methyl sites for hydroxylation is 1. The average Bonchev–Trinajstić information content (AvgIpc) is 2.52. The lowest BCUT2D eigenvalue weighted by molar-refractivity contribution is -0.123. The van der Waals surface area contributed by atoms with Crippen molar-refractivity contribution in [1.82, 2.24) is 5.32 Å². The molecule has 4 heteroatoms. The summed E-state index contributed by atoms with van der Waals surface area (Å²) < 4.78 is 10.9. The zero-order valence-electron chi connectivity index (χ0n) is 12.0. The van der Waals surface area contributed by atoms with Gasteiger partial charge in [-0.15, -0.1) is 0 Å². The number of carbonyl (C=O) groups is 1. The average molecular weight is 285 g/mol. The maximum Gasteiger partial charge on any atom is 0.258 e. The third kappa shape index (κ3) is 5.57. The van der Waals surface area contributed by atoms with E-state index >= 15 is 0 Å². The normalized spacial score (nSPS) is 9.95. The van der Waals surface area contributed by atoms with E-state index in [1.807, 2.05) is 61.5 Å². The third-order valence-corrected chi connectivity index (χ3v) is 2.83. The molecule has 4 nitrogen and oxygen atoms in total. The lowest BCUT2D eigenvalue weighted by atomic mass is 10.2. The van der Waals surface area contributed by atoms with E-state index in [4.69, 9.17) is 9.47 Å². The van der Waals surface area contributed by atoms with Crippen LogP contribution in [0.25, 0.3) is 0 Å². The molecule has 1 N–H and O–H groups in total. The number of benzene rings is 2. The molecule has 0 heterocycles. The lowest BCUT2D eigenvalue weighted by Crippen LogP contribution is -2.32. The highest BCUT2D eigenvalue weighted by Crippen LogP contribution is 2.10. The highest BCUT2D eigenvalue weighted by molar-refractivity contribution is 5.77. The summed E-state index contributed by atoms with van der Waals surface area (Å²) in [4.78, 5) is 11.6. The quantitative estimate of drug-likeness (QED) is 0.795. The molecular formula is C17H19NO3. The second-order valence-electron chi connectivity index (χ2n) is 4.61. The van der Waals surface area contributed by atoms with E-state index in [-0.39, 0.29) is 12.5 Å². The van der Waals surface area contributed by atoms with Gasteiger partial charge in [0.2, 0.25) is 0 Å². The fraction of sp³-hybridized carbons (Fsp3) is 0.235. The fourth-order valence-electron chi connectivity index (χ4n) is 1.71. The van der Waals surface area contributed by atoms with Crippen molar-refractivity contribution in [1.29, 1.82) is 0 Å². The van der Waals surface area contributed by atoms with E-state index in [0.29, 0.717) is 18.9 Å². The van der Waals surface area contributed by atoms with E-state index in [2.05, 4.69) is 5.32 Å². The van der Waals surface area contributed by atoms with Crippen LogP contribution < -0.4 is 14.8 Å². The molecule has 21 heavy (non-hydrogen) atoms. The van der Waals surface area contributed by atoms with Crippen LogP contribution in [0.5, 0.6) is 11.5 Å². The summed E-state index contributed by atoms with van der Waals surface area (Å²) in [5.41, 5.74) is 1.19. The Morgan fingerprint density at radius 2 is 1.62 bits per heavy atom. The molecule has 0 aliphatic rings. The molecule has 0 atom stereocenters. The largest absolute Gasteiger partial charge is 0.492 e. The van der Waals surface area contributed by atoms with Gasteiger partial charge >= 0.3 is 0 Å². The van der Waals surface area contributed by atoms with Crippen LogP contribution in [0.1, 0.15) is 5.56 Å². The number of amides is 1. The number of hydrogen-bond acceptors (Lipinski definition) is 3. The lowest BCUT2D eigenvalue weighted by Gasteiger charge is -2.09. The molecule has 0 radical (unpaired) electrons. The first-order chi connectivity index (χ1) is 10.2. The second kappa shape index (κ2) is 7.94. The van der Waals surface area contributed by atoms with Crippen LogP contribution in [0.2, 0.25) is 0 Å². The van der Waals surface area contributed by atoms with E-state index < -0.39 is 0 Å². The number of hydrogen-bond donors (Lipinski definition) is 1. The standard InChI is InChI=1S/C17H19NO3/c1-14-7-9-16(10-8-14)20-12-11-18-17(19)13-21-15-5-3-2-4-6-15/h2-10H,11-13H2,1H3,(H,18,19). The first kappa shape index (κ1) is 14.9. The first-order valence-corrected chi connectivity index (χ1v) is 6.88.